The van der Waals surface area contributed by atoms with Crippen LogP contribution in [-0.2, 0) is 14.8 Å². The molecule has 19 heavy (non-hydrogen) atoms. The van der Waals surface area contributed by atoms with Crippen LogP contribution in [0, 0.1) is 0 Å². The first kappa shape index (κ1) is 14.4. The van der Waals surface area contributed by atoms with Crippen molar-refractivity contribution in [1.82, 2.24) is 9.71 Å². The van der Waals surface area contributed by atoms with Crippen molar-refractivity contribution in [2.24, 2.45) is 0 Å². The van der Waals surface area contributed by atoms with E-state index >= 15 is 0 Å². The Bertz CT molecular complexity index is 574. The zero-order valence-electron chi connectivity index (χ0n) is 10.2. The van der Waals surface area contributed by atoms with E-state index in [1.165, 1.54) is 5.51 Å². The monoisotopic (exact) mass is 306 g/mol. The van der Waals surface area contributed by atoms with E-state index in [1.807, 2.05) is 0 Å². The zero-order chi connectivity index (χ0) is 14.1. The maximum absolute atomic E-state index is 12.2. The number of sulfonamides is 1. The van der Waals surface area contributed by atoms with Crippen molar-refractivity contribution in [2.45, 2.75) is 29.5 Å². The molecule has 0 bridgehead atoms. The Morgan fingerprint density at radius 2 is 2.37 bits per heavy atom. The lowest BCUT2D eigenvalue weighted by molar-refractivity contribution is 0.0386. The van der Waals surface area contributed by atoms with Gasteiger partial charge in [0, 0.05) is 6.61 Å². The highest BCUT2D eigenvalue weighted by Crippen LogP contribution is 2.25. The number of carboxylic acids is 1. The molecule has 1 aliphatic heterocycles. The molecule has 0 amide bonds. The van der Waals surface area contributed by atoms with E-state index in [-0.39, 0.29) is 10.8 Å². The molecule has 1 aromatic rings. The Labute approximate surface area is 114 Å². The summed E-state index contributed by atoms with van der Waals surface area (Å²) in [6, 6.07) is 0. The maximum atomic E-state index is 12.2. The van der Waals surface area contributed by atoms with Crippen molar-refractivity contribution < 1.29 is 23.1 Å². The second-order valence-electron chi connectivity index (χ2n) is 4.62. The number of thiazole rings is 1. The number of hydrogen-bond acceptors (Lipinski definition) is 6. The van der Waals surface area contributed by atoms with Crippen molar-refractivity contribution in [3.8, 4) is 0 Å². The fourth-order valence-electron chi connectivity index (χ4n) is 1.95. The SMILES string of the molecule is CC1(NS(=O)(=O)c2scnc2C(=O)O)CCCOC1. The topological polar surface area (TPSA) is 106 Å². The number of aromatic nitrogens is 1. The molecule has 0 spiro atoms. The highest BCUT2D eigenvalue weighted by Gasteiger charge is 2.35. The molecule has 2 rings (SSSR count). The lowest BCUT2D eigenvalue weighted by Gasteiger charge is -2.33. The summed E-state index contributed by atoms with van der Waals surface area (Å²) in [6.07, 6.45) is 1.40. The molecule has 1 aromatic heterocycles. The standard InChI is InChI=1S/C10H14N2O5S2/c1-10(3-2-4-17-5-10)12-19(15,16)9-7(8(13)14)11-6-18-9/h6,12H,2-5H2,1H3,(H,13,14). The van der Waals surface area contributed by atoms with Gasteiger partial charge in [-0.05, 0) is 19.8 Å². The number of aromatic carboxylic acids is 1. The third-order valence-corrected chi connectivity index (χ3v) is 5.81. The Morgan fingerprint density at radius 3 is 2.95 bits per heavy atom. The summed E-state index contributed by atoms with van der Waals surface area (Å²) in [6.45, 7) is 2.62. The lowest BCUT2D eigenvalue weighted by Crippen LogP contribution is -2.51. The fraction of sp³-hybridized carbons (Fsp3) is 0.600. The van der Waals surface area contributed by atoms with Gasteiger partial charge in [-0.1, -0.05) is 0 Å². The molecule has 0 aromatic carbocycles. The minimum absolute atomic E-state index is 0.271. The number of rotatable bonds is 4. The van der Waals surface area contributed by atoms with Crippen LogP contribution >= 0.6 is 11.3 Å². The van der Waals surface area contributed by atoms with E-state index in [2.05, 4.69) is 9.71 Å². The van der Waals surface area contributed by atoms with Crippen LogP contribution in [0.4, 0.5) is 0 Å². The molecule has 1 unspecified atom stereocenters. The second-order valence-corrected chi connectivity index (χ2v) is 7.35. The molecule has 7 nitrogen and oxygen atoms in total. The van der Waals surface area contributed by atoms with E-state index in [0.717, 1.165) is 17.8 Å². The first-order valence-corrected chi connectivity index (χ1v) is 7.99. The van der Waals surface area contributed by atoms with E-state index in [1.54, 1.807) is 6.92 Å². The summed E-state index contributed by atoms with van der Waals surface area (Å²) < 4.78 is 32.0. The van der Waals surface area contributed by atoms with Crippen LogP contribution in [0.15, 0.2) is 9.72 Å². The van der Waals surface area contributed by atoms with E-state index in [4.69, 9.17) is 9.84 Å². The summed E-state index contributed by atoms with van der Waals surface area (Å²) in [5.74, 6) is -1.35. The van der Waals surface area contributed by atoms with Crippen LogP contribution in [-0.4, -0.2) is 43.2 Å². The van der Waals surface area contributed by atoms with Gasteiger partial charge in [0.15, 0.2) is 9.90 Å². The zero-order valence-corrected chi connectivity index (χ0v) is 11.9. The van der Waals surface area contributed by atoms with Crippen LogP contribution in [0.1, 0.15) is 30.3 Å². The quantitative estimate of drug-likeness (QED) is 0.847. The normalized spacial score (nSPS) is 24.3. The van der Waals surface area contributed by atoms with Gasteiger partial charge in [0.05, 0.1) is 17.7 Å². The summed E-state index contributed by atoms with van der Waals surface area (Å²) in [7, 11) is -3.91. The van der Waals surface area contributed by atoms with Gasteiger partial charge in [-0.2, -0.15) is 0 Å². The van der Waals surface area contributed by atoms with Gasteiger partial charge in [-0.3, -0.25) is 0 Å². The lowest BCUT2D eigenvalue weighted by atomic mass is 9.97. The molecule has 1 saturated heterocycles. The Kier molecular flexibility index (Phi) is 3.90. The molecule has 0 aliphatic carbocycles. The minimum atomic E-state index is -3.91. The summed E-state index contributed by atoms with van der Waals surface area (Å²) in [4.78, 5) is 14.5. The van der Waals surface area contributed by atoms with E-state index in [0.29, 0.717) is 13.0 Å². The molecule has 1 fully saturated rings. The number of nitrogens with one attached hydrogen (secondary N) is 1. The van der Waals surface area contributed by atoms with Gasteiger partial charge in [0.1, 0.15) is 0 Å². The summed E-state index contributed by atoms with van der Waals surface area (Å²) in [5, 5.41) is 8.92. The first-order valence-electron chi connectivity index (χ1n) is 5.63. The second kappa shape index (κ2) is 5.16. The molecule has 1 aliphatic rings. The number of ether oxygens (including phenoxy) is 1. The number of hydrogen-bond donors (Lipinski definition) is 2. The molecule has 0 saturated carbocycles. The fourth-order valence-corrected chi connectivity index (χ4v) is 4.52. The largest absolute Gasteiger partial charge is 0.476 e. The number of carboxylic acid groups (broad SMARTS) is 1. The third kappa shape index (κ3) is 3.11. The van der Waals surface area contributed by atoms with Crippen LogP contribution in [0.25, 0.3) is 0 Å². The Morgan fingerprint density at radius 1 is 1.63 bits per heavy atom. The van der Waals surface area contributed by atoms with Crippen molar-refractivity contribution in [3.05, 3.63) is 11.2 Å². The van der Waals surface area contributed by atoms with Crippen LogP contribution in [0.3, 0.4) is 0 Å². The van der Waals surface area contributed by atoms with Gasteiger partial charge in [0.2, 0.25) is 0 Å². The molecule has 2 heterocycles. The predicted octanol–water partition coefficient (Wildman–Crippen LogP) is 0.689. The van der Waals surface area contributed by atoms with Crippen molar-refractivity contribution in [2.75, 3.05) is 13.2 Å². The van der Waals surface area contributed by atoms with Crippen LogP contribution in [0.2, 0.25) is 0 Å². The highest BCUT2D eigenvalue weighted by molar-refractivity contribution is 7.91. The van der Waals surface area contributed by atoms with Gasteiger partial charge >= 0.3 is 5.97 Å². The third-order valence-electron chi connectivity index (χ3n) is 2.80. The van der Waals surface area contributed by atoms with Crippen molar-refractivity contribution >= 4 is 27.3 Å². The average Bonchev–Trinajstić information content (AvgIpc) is 2.78. The van der Waals surface area contributed by atoms with Crippen molar-refractivity contribution in [1.29, 1.82) is 0 Å². The van der Waals surface area contributed by atoms with E-state index < -0.39 is 27.2 Å². The van der Waals surface area contributed by atoms with Gasteiger partial charge in [-0.25, -0.2) is 22.9 Å². The summed E-state index contributed by atoms with van der Waals surface area (Å²) in [5.41, 5.74) is 0.0482. The van der Waals surface area contributed by atoms with Crippen LogP contribution in [0.5, 0.6) is 0 Å². The Hall–Kier alpha value is -1.03. The van der Waals surface area contributed by atoms with Gasteiger partial charge < -0.3 is 9.84 Å². The van der Waals surface area contributed by atoms with Gasteiger partial charge in [0.25, 0.3) is 10.0 Å². The molecular formula is C10H14N2O5S2. The predicted molar refractivity (Wildman–Crippen MR) is 67.9 cm³/mol. The molecule has 2 N–H and O–H groups in total. The summed E-state index contributed by atoms with van der Waals surface area (Å²) >= 11 is 0.789. The number of carbonyl (C=O) groups is 1. The first-order chi connectivity index (χ1) is 8.84. The van der Waals surface area contributed by atoms with Gasteiger partial charge in [-0.15, -0.1) is 11.3 Å². The minimum Gasteiger partial charge on any atom is -0.476 e. The highest BCUT2D eigenvalue weighted by atomic mass is 32.2. The molecule has 0 radical (unpaired) electrons. The number of nitrogens with zero attached hydrogens (tertiary/aromatic N) is 1. The van der Waals surface area contributed by atoms with Crippen LogP contribution < -0.4 is 4.72 Å². The smallest absolute Gasteiger partial charge is 0.356 e. The molecule has 1 atom stereocenters. The maximum Gasteiger partial charge on any atom is 0.356 e. The molecule has 106 valence electrons. The van der Waals surface area contributed by atoms with Crippen molar-refractivity contribution in [3.63, 3.8) is 0 Å². The molecular weight excluding hydrogens is 292 g/mol. The average molecular weight is 306 g/mol. The Balaban J connectivity index is 2.27. The molecule has 9 heteroatoms. The van der Waals surface area contributed by atoms with E-state index in [9.17, 15) is 13.2 Å².